The van der Waals surface area contributed by atoms with Crippen molar-refractivity contribution in [2.24, 2.45) is 5.18 Å². The van der Waals surface area contributed by atoms with Crippen molar-refractivity contribution in [1.82, 2.24) is 9.61 Å². The van der Waals surface area contributed by atoms with Crippen LogP contribution >= 0.6 is 0 Å². The van der Waals surface area contributed by atoms with Crippen LogP contribution in [0.1, 0.15) is 5.56 Å². The predicted octanol–water partition coefficient (Wildman–Crippen LogP) is 0.897. The highest BCUT2D eigenvalue weighted by atomic mass is 16.3. The van der Waals surface area contributed by atoms with Gasteiger partial charge in [-0.2, -0.15) is 5.26 Å². The van der Waals surface area contributed by atoms with E-state index in [0.717, 1.165) is 0 Å². The Labute approximate surface area is 77.4 Å². The molecule has 1 N–H and O–H groups in total. The third-order valence-corrected chi connectivity index (χ3v) is 1.89. The summed E-state index contributed by atoms with van der Waals surface area (Å²) in [7, 11) is 0. The summed E-state index contributed by atoms with van der Waals surface area (Å²) in [5, 5.41) is 13.9. The number of nitrogens with one attached hydrogen (secondary N) is 1. The Kier molecular flexibility index (Phi) is 1.65. The minimum absolute atomic E-state index is 0.00745. The molecule has 0 aliphatic carbocycles. The molecule has 6 nitrogen and oxygen atoms in total. The van der Waals surface area contributed by atoms with E-state index < -0.39 is 5.43 Å². The first-order valence-corrected chi connectivity index (χ1v) is 3.74. The molecule has 0 bridgehead atoms. The second-order valence-corrected chi connectivity index (χ2v) is 2.63. The molecule has 0 saturated heterocycles. The third-order valence-electron chi connectivity index (χ3n) is 1.89. The summed E-state index contributed by atoms with van der Waals surface area (Å²) < 4.78 is 1.23. The van der Waals surface area contributed by atoms with Crippen molar-refractivity contribution < 1.29 is 0 Å². The molecule has 0 amide bonds. The number of nitriles is 1. The Bertz CT molecular complexity index is 602. The Morgan fingerprint density at radius 1 is 1.50 bits per heavy atom. The minimum Gasteiger partial charge on any atom is -0.298 e. The molecule has 0 atom stereocenters. The normalized spacial score (nSPS) is 9.93. The average Bonchev–Trinajstić information content (AvgIpc) is 2.62. The molecule has 2 heterocycles. The van der Waals surface area contributed by atoms with Crippen LogP contribution in [0, 0.1) is 16.2 Å². The van der Waals surface area contributed by atoms with E-state index in [4.69, 9.17) is 5.26 Å². The first-order chi connectivity index (χ1) is 6.77. The van der Waals surface area contributed by atoms with Crippen molar-refractivity contribution in [3.05, 3.63) is 39.0 Å². The molecule has 2 aromatic rings. The van der Waals surface area contributed by atoms with E-state index in [2.05, 4.69) is 10.3 Å². The van der Waals surface area contributed by atoms with Gasteiger partial charge in [0.05, 0.1) is 0 Å². The molecule has 0 spiro atoms. The maximum atomic E-state index is 11.5. The molecule has 2 aromatic heterocycles. The van der Waals surface area contributed by atoms with Crippen LogP contribution < -0.4 is 5.43 Å². The van der Waals surface area contributed by atoms with Gasteiger partial charge in [-0.1, -0.05) is 0 Å². The first kappa shape index (κ1) is 8.19. The standard InChI is InChI=1S/C8H4N4O2/c9-3-5-4-10-12-6(8(5)13)1-2-7(12)11-14/h1-2,4,10H. The Hall–Kier alpha value is -2.42. The van der Waals surface area contributed by atoms with Crippen LogP contribution in [0.25, 0.3) is 5.52 Å². The summed E-state index contributed by atoms with van der Waals surface area (Å²) in [6.07, 6.45) is 1.24. The maximum absolute atomic E-state index is 11.5. The van der Waals surface area contributed by atoms with Gasteiger partial charge < -0.3 is 0 Å². The summed E-state index contributed by atoms with van der Waals surface area (Å²) in [4.78, 5) is 21.8. The van der Waals surface area contributed by atoms with Crippen molar-refractivity contribution in [2.45, 2.75) is 0 Å². The summed E-state index contributed by atoms with van der Waals surface area (Å²) >= 11 is 0. The van der Waals surface area contributed by atoms with Gasteiger partial charge in [0.25, 0.3) is 0 Å². The Morgan fingerprint density at radius 2 is 2.29 bits per heavy atom. The molecule has 0 fully saturated rings. The van der Waals surface area contributed by atoms with Crippen molar-refractivity contribution in [3.63, 3.8) is 0 Å². The summed E-state index contributed by atoms with van der Waals surface area (Å²) in [6.45, 7) is 0. The van der Waals surface area contributed by atoms with Gasteiger partial charge in [-0.3, -0.25) is 9.89 Å². The van der Waals surface area contributed by atoms with Crippen molar-refractivity contribution in [1.29, 1.82) is 5.26 Å². The van der Waals surface area contributed by atoms with Crippen LogP contribution in [0.4, 0.5) is 5.82 Å². The number of H-pyrrole nitrogens is 1. The zero-order chi connectivity index (χ0) is 10.1. The topological polar surface area (TPSA) is 90.5 Å². The van der Waals surface area contributed by atoms with Crippen LogP contribution in [-0.2, 0) is 0 Å². The Balaban J connectivity index is 2.94. The monoisotopic (exact) mass is 188 g/mol. The number of fused-ring (bicyclic) bond motifs is 1. The number of hydrogen-bond acceptors (Lipinski definition) is 4. The highest BCUT2D eigenvalue weighted by molar-refractivity contribution is 5.56. The lowest BCUT2D eigenvalue weighted by Gasteiger charge is -1.95. The largest absolute Gasteiger partial charge is 0.298 e. The third kappa shape index (κ3) is 0.927. The highest BCUT2D eigenvalue weighted by Gasteiger charge is 2.07. The molecule has 0 aliphatic heterocycles. The van der Waals surface area contributed by atoms with Crippen LogP contribution in [-0.4, -0.2) is 9.61 Å². The van der Waals surface area contributed by atoms with Crippen LogP contribution in [0.3, 0.4) is 0 Å². The van der Waals surface area contributed by atoms with Gasteiger partial charge in [0.15, 0.2) is 5.82 Å². The molecule has 2 rings (SSSR count). The van der Waals surface area contributed by atoms with Gasteiger partial charge in [0.2, 0.25) is 5.43 Å². The van der Waals surface area contributed by atoms with E-state index >= 15 is 0 Å². The van der Waals surface area contributed by atoms with Gasteiger partial charge in [-0.05, 0) is 17.3 Å². The van der Waals surface area contributed by atoms with Gasteiger partial charge in [0.1, 0.15) is 17.1 Å². The average molecular weight is 188 g/mol. The molecule has 68 valence electrons. The summed E-state index contributed by atoms with van der Waals surface area (Å²) in [5.74, 6) is 0.0987. The van der Waals surface area contributed by atoms with Gasteiger partial charge in [0, 0.05) is 6.20 Å². The zero-order valence-electron chi connectivity index (χ0n) is 6.89. The Morgan fingerprint density at radius 3 is 2.93 bits per heavy atom. The smallest absolute Gasteiger partial charge is 0.223 e. The number of aromatic nitrogens is 2. The van der Waals surface area contributed by atoms with E-state index in [0.29, 0.717) is 0 Å². The second-order valence-electron chi connectivity index (χ2n) is 2.63. The van der Waals surface area contributed by atoms with Crippen molar-refractivity contribution in [3.8, 4) is 6.07 Å². The molecule has 0 aliphatic rings. The lowest BCUT2D eigenvalue weighted by Crippen LogP contribution is -2.10. The minimum atomic E-state index is -0.416. The maximum Gasteiger partial charge on any atom is 0.223 e. The van der Waals surface area contributed by atoms with E-state index in [9.17, 15) is 9.70 Å². The quantitative estimate of drug-likeness (QED) is 0.674. The SMILES string of the molecule is N#Cc1c[nH]n2c(N=O)ccc2c1=O. The predicted molar refractivity (Wildman–Crippen MR) is 48.2 cm³/mol. The fraction of sp³-hybridized carbons (Fsp3) is 0. The van der Waals surface area contributed by atoms with Gasteiger partial charge in [-0.25, -0.2) is 4.52 Å². The number of hydrogen-bond donors (Lipinski definition) is 1. The molecule has 0 radical (unpaired) electrons. The highest BCUT2D eigenvalue weighted by Crippen LogP contribution is 2.13. The molecular formula is C8H4N4O2. The number of nitroso groups, excluding NO2 is 1. The molecular weight excluding hydrogens is 184 g/mol. The van der Waals surface area contributed by atoms with Crippen LogP contribution in [0.2, 0.25) is 0 Å². The number of rotatable bonds is 1. The molecule has 0 unspecified atom stereocenters. The first-order valence-electron chi connectivity index (χ1n) is 3.74. The second kappa shape index (κ2) is 2.81. The molecule has 0 aromatic carbocycles. The van der Waals surface area contributed by atoms with E-state index in [1.165, 1.54) is 22.8 Å². The number of aromatic amines is 1. The van der Waals surface area contributed by atoms with Crippen LogP contribution in [0.5, 0.6) is 0 Å². The summed E-state index contributed by atoms with van der Waals surface area (Å²) in [6, 6.07) is 4.59. The zero-order valence-corrected chi connectivity index (χ0v) is 6.89. The lowest BCUT2D eigenvalue weighted by molar-refractivity contribution is 0.927. The van der Waals surface area contributed by atoms with Crippen molar-refractivity contribution in [2.75, 3.05) is 0 Å². The summed E-state index contributed by atoms with van der Waals surface area (Å²) in [5.41, 5.74) is -0.173. The number of nitrogens with zero attached hydrogens (tertiary/aromatic N) is 3. The fourth-order valence-corrected chi connectivity index (χ4v) is 1.23. The fourth-order valence-electron chi connectivity index (χ4n) is 1.23. The van der Waals surface area contributed by atoms with E-state index in [1.807, 2.05) is 0 Å². The van der Waals surface area contributed by atoms with Crippen LogP contribution in [0.15, 0.2) is 28.3 Å². The lowest BCUT2D eigenvalue weighted by atomic mass is 10.3. The van der Waals surface area contributed by atoms with Gasteiger partial charge in [-0.15, -0.1) is 4.91 Å². The van der Waals surface area contributed by atoms with Crippen molar-refractivity contribution >= 4 is 11.3 Å². The molecule has 6 heteroatoms. The molecule has 0 saturated carbocycles. The van der Waals surface area contributed by atoms with E-state index in [1.54, 1.807) is 6.07 Å². The van der Waals surface area contributed by atoms with E-state index in [-0.39, 0.29) is 16.9 Å². The van der Waals surface area contributed by atoms with Gasteiger partial charge >= 0.3 is 0 Å². The molecule has 14 heavy (non-hydrogen) atoms.